The van der Waals surface area contributed by atoms with Gasteiger partial charge in [-0.25, -0.2) is 4.79 Å². The first-order chi connectivity index (χ1) is 8.02. The zero-order valence-electron chi connectivity index (χ0n) is 10.3. The first-order valence-corrected chi connectivity index (χ1v) is 6.11. The number of urea groups is 1. The number of carbonyl (C=O) groups excluding carboxylic acids is 2. The number of hydrogen-bond acceptors (Lipinski definition) is 4. The molecule has 3 amide bonds. The summed E-state index contributed by atoms with van der Waals surface area (Å²) in [7, 11) is 0. The van der Waals surface area contributed by atoms with Crippen molar-refractivity contribution >= 4 is 11.9 Å². The summed E-state index contributed by atoms with van der Waals surface area (Å²) >= 11 is 0. The summed E-state index contributed by atoms with van der Waals surface area (Å²) < 4.78 is 0. The number of imide groups is 1. The lowest BCUT2D eigenvalue weighted by molar-refractivity contribution is -0.121. The summed E-state index contributed by atoms with van der Waals surface area (Å²) in [6.07, 6.45) is 4.02. The predicted octanol–water partition coefficient (Wildman–Crippen LogP) is -0.227. The van der Waals surface area contributed by atoms with E-state index in [-0.39, 0.29) is 12.5 Å². The van der Waals surface area contributed by atoms with Crippen LogP contribution >= 0.6 is 0 Å². The van der Waals surface area contributed by atoms with Crippen LogP contribution < -0.4 is 16.8 Å². The van der Waals surface area contributed by atoms with Crippen molar-refractivity contribution in [2.45, 2.75) is 44.7 Å². The molecule has 1 aliphatic carbocycles. The van der Waals surface area contributed by atoms with Gasteiger partial charge in [0.25, 0.3) is 0 Å². The van der Waals surface area contributed by atoms with Gasteiger partial charge in [0.2, 0.25) is 5.91 Å². The van der Waals surface area contributed by atoms with Crippen molar-refractivity contribution in [3.63, 3.8) is 0 Å². The maximum absolute atomic E-state index is 11.5. The maximum atomic E-state index is 11.5. The van der Waals surface area contributed by atoms with Crippen molar-refractivity contribution in [1.29, 1.82) is 0 Å². The van der Waals surface area contributed by atoms with Crippen molar-refractivity contribution in [3.8, 4) is 0 Å². The largest absolute Gasteiger partial charge is 0.351 e. The Morgan fingerprint density at radius 1 is 1.29 bits per heavy atom. The SMILES string of the molecule is CCN(CC(=O)NC(N)=O)C1CCC(N)CC1. The fourth-order valence-electron chi connectivity index (χ4n) is 2.33. The molecule has 0 radical (unpaired) electrons. The van der Waals surface area contributed by atoms with Gasteiger partial charge >= 0.3 is 6.03 Å². The van der Waals surface area contributed by atoms with Crippen LogP contribution in [-0.2, 0) is 4.79 Å². The van der Waals surface area contributed by atoms with E-state index in [1.54, 1.807) is 0 Å². The molecule has 0 aromatic carbocycles. The molecule has 17 heavy (non-hydrogen) atoms. The molecule has 1 saturated carbocycles. The molecule has 1 aliphatic rings. The van der Waals surface area contributed by atoms with Crippen molar-refractivity contribution in [3.05, 3.63) is 0 Å². The van der Waals surface area contributed by atoms with Crippen LogP contribution in [0.5, 0.6) is 0 Å². The number of amides is 3. The molecule has 1 fully saturated rings. The van der Waals surface area contributed by atoms with E-state index < -0.39 is 6.03 Å². The highest BCUT2D eigenvalue weighted by Crippen LogP contribution is 2.21. The molecule has 0 aromatic heterocycles. The second kappa shape index (κ2) is 6.56. The molecule has 0 aliphatic heterocycles. The number of likely N-dealkylation sites (N-methyl/N-ethyl adjacent to an activating group) is 1. The van der Waals surface area contributed by atoms with Gasteiger partial charge < -0.3 is 11.5 Å². The zero-order valence-corrected chi connectivity index (χ0v) is 10.3. The Hall–Kier alpha value is -1.14. The smallest absolute Gasteiger partial charge is 0.318 e. The van der Waals surface area contributed by atoms with E-state index in [4.69, 9.17) is 11.5 Å². The van der Waals surface area contributed by atoms with Crippen LogP contribution in [0.1, 0.15) is 32.6 Å². The Kier molecular flexibility index (Phi) is 5.37. The van der Waals surface area contributed by atoms with E-state index in [0.717, 1.165) is 32.2 Å². The molecule has 0 bridgehead atoms. The van der Waals surface area contributed by atoms with Crippen LogP contribution in [-0.4, -0.2) is 42.0 Å². The fraction of sp³-hybridized carbons (Fsp3) is 0.818. The van der Waals surface area contributed by atoms with Gasteiger partial charge in [0, 0.05) is 12.1 Å². The average Bonchev–Trinajstić information content (AvgIpc) is 2.26. The molecule has 5 N–H and O–H groups in total. The van der Waals surface area contributed by atoms with E-state index in [9.17, 15) is 9.59 Å². The summed E-state index contributed by atoms with van der Waals surface area (Å²) in [5, 5.41) is 2.09. The molecule has 6 heteroatoms. The first kappa shape index (κ1) is 13.9. The summed E-state index contributed by atoms with van der Waals surface area (Å²) in [6, 6.07) is -0.112. The Bertz CT molecular complexity index is 275. The molecule has 0 spiro atoms. The fourth-order valence-corrected chi connectivity index (χ4v) is 2.33. The predicted molar refractivity (Wildman–Crippen MR) is 65.2 cm³/mol. The lowest BCUT2D eigenvalue weighted by Crippen LogP contribution is -2.47. The highest BCUT2D eigenvalue weighted by Gasteiger charge is 2.24. The van der Waals surface area contributed by atoms with E-state index in [0.29, 0.717) is 12.1 Å². The number of nitrogens with zero attached hydrogens (tertiary/aromatic N) is 1. The van der Waals surface area contributed by atoms with Gasteiger partial charge in [0.05, 0.1) is 6.54 Å². The highest BCUT2D eigenvalue weighted by atomic mass is 16.2. The number of rotatable bonds is 4. The maximum Gasteiger partial charge on any atom is 0.318 e. The molecule has 0 heterocycles. The number of nitrogens with two attached hydrogens (primary N) is 2. The standard InChI is InChI=1S/C11H22N4O2/c1-2-15(7-10(16)14-11(13)17)9-5-3-8(12)4-6-9/h8-9H,2-7,12H2,1H3,(H3,13,14,16,17). The third-order valence-electron chi connectivity index (χ3n) is 3.27. The van der Waals surface area contributed by atoms with Gasteiger partial charge in [-0.1, -0.05) is 6.92 Å². The van der Waals surface area contributed by atoms with Crippen LogP contribution in [0.2, 0.25) is 0 Å². The van der Waals surface area contributed by atoms with E-state index in [1.807, 2.05) is 6.92 Å². The number of carbonyl (C=O) groups is 2. The van der Waals surface area contributed by atoms with Crippen molar-refractivity contribution in [1.82, 2.24) is 10.2 Å². The van der Waals surface area contributed by atoms with Gasteiger partial charge in [-0.05, 0) is 32.2 Å². The van der Waals surface area contributed by atoms with Crippen molar-refractivity contribution < 1.29 is 9.59 Å². The Labute approximate surface area is 102 Å². The second-order valence-electron chi connectivity index (χ2n) is 4.54. The molecular weight excluding hydrogens is 220 g/mol. The van der Waals surface area contributed by atoms with Crippen LogP contribution in [0.25, 0.3) is 0 Å². The molecule has 98 valence electrons. The Morgan fingerprint density at radius 2 is 1.88 bits per heavy atom. The highest BCUT2D eigenvalue weighted by molar-refractivity contribution is 5.94. The lowest BCUT2D eigenvalue weighted by atomic mass is 9.91. The summed E-state index contributed by atoms with van der Waals surface area (Å²) in [6.45, 7) is 3.01. The zero-order chi connectivity index (χ0) is 12.8. The Balaban J connectivity index is 2.42. The number of nitrogens with one attached hydrogen (secondary N) is 1. The minimum absolute atomic E-state index is 0.222. The van der Waals surface area contributed by atoms with Crippen LogP contribution in [0.4, 0.5) is 4.79 Å². The number of hydrogen-bond donors (Lipinski definition) is 3. The normalized spacial score (nSPS) is 24.6. The van der Waals surface area contributed by atoms with Crippen LogP contribution in [0.15, 0.2) is 0 Å². The van der Waals surface area contributed by atoms with Gasteiger partial charge in [0.1, 0.15) is 0 Å². The monoisotopic (exact) mass is 242 g/mol. The third kappa shape index (κ3) is 4.70. The van der Waals surface area contributed by atoms with E-state index in [2.05, 4.69) is 10.2 Å². The molecule has 0 saturated heterocycles. The van der Waals surface area contributed by atoms with Crippen LogP contribution in [0.3, 0.4) is 0 Å². The third-order valence-corrected chi connectivity index (χ3v) is 3.27. The van der Waals surface area contributed by atoms with Crippen molar-refractivity contribution in [2.24, 2.45) is 11.5 Å². The minimum Gasteiger partial charge on any atom is -0.351 e. The lowest BCUT2D eigenvalue weighted by Gasteiger charge is -2.34. The molecular formula is C11H22N4O2. The van der Waals surface area contributed by atoms with E-state index >= 15 is 0 Å². The molecule has 6 nitrogen and oxygen atoms in total. The summed E-state index contributed by atoms with van der Waals surface area (Å²) in [5.74, 6) is -0.339. The van der Waals surface area contributed by atoms with Gasteiger partial charge in [-0.15, -0.1) is 0 Å². The van der Waals surface area contributed by atoms with Crippen LogP contribution in [0, 0.1) is 0 Å². The van der Waals surface area contributed by atoms with Gasteiger partial charge in [0.15, 0.2) is 0 Å². The average molecular weight is 242 g/mol. The topological polar surface area (TPSA) is 101 Å². The van der Waals surface area contributed by atoms with Gasteiger partial charge in [-0.3, -0.25) is 15.0 Å². The van der Waals surface area contributed by atoms with Gasteiger partial charge in [-0.2, -0.15) is 0 Å². The summed E-state index contributed by atoms with van der Waals surface area (Å²) in [4.78, 5) is 24.1. The molecule has 0 unspecified atom stereocenters. The Morgan fingerprint density at radius 3 is 2.35 bits per heavy atom. The number of primary amides is 1. The summed E-state index contributed by atoms with van der Waals surface area (Å²) in [5.41, 5.74) is 10.7. The van der Waals surface area contributed by atoms with Crippen molar-refractivity contribution in [2.75, 3.05) is 13.1 Å². The first-order valence-electron chi connectivity index (χ1n) is 6.11. The molecule has 1 rings (SSSR count). The second-order valence-corrected chi connectivity index (χ2v) is 4.54. The quantitative estimate of drug-likeness (QED) is 0.634. The molecule has 0 atom stereocenters. The van der Waals surface area contributed by atoms with E-state index in [1.165, 1.54) is 0 Å². The molecule has 0 aromatic rings. The minimum atomic E-state index is -0.795.